The number of hydrogen-bond acceptors (Lipinski definition) is 5. The highest BCUT2D eigenvalue weighted by Gasteiger charge is 2.48. The third-order valence-corrected chi connectivity index (χ3v) is 6.62. The Labute approximate surface area is 190 Å². The van der Waals surface area contributed by atoms with Crippen LogP contribution in [0.25, 0.3) is 16.0 Å². The van der Waals surface area contributed by atoms with Crippen LogP contribution in [0.5, 0.6) is 0 Å². The lowest BCUT2D eigenvalue weighted by molar-refractivity contribution is -0.132. The first kappa shape index (κ1) is 19.8. The molecule has 31 heavy (non-hydrogen) atoms. The maximum absolute atomic E-state index is 13.1. The van der Waals surface area contributed by atoms with E-state index in [2.05, 4.69) is 9.97 Å². The Morgan fingerprint density at radius 2 is 1.84 bits per heavy atom. The molecular weight excluding hydrogens is 457 g/mol. The average Bonchev–Trinajstić information content (AvgIpc) is 3.48. The fraction of sp³-hybridized carbons (Fsp3) is 0.0455. The summed E-state index contributed by atoms with van der Waals surface area (Å²) in [5, 5.41) is 12.2. The van der Waals surface area contributed by atoms with Crippen molar-refractivity contribution < 1.29 is 14.7 Å². The van der Waals surface area contributed by atoms with Gasteiger partial charge >= 0.3 is 5.91 Å². The number of carbonyl (C=O) groups excluding carboxylic acids is 2. The van der Waals surface area contributed by atoms with E-state index in [0.29, 0.717) is 32.0 Å². The number of Topliss-reactive ketones (excluding diaryl/α,β-unsaturated/α-hetero) is 1. The number of amides is 1. The summed E-state index contributed by atoms with van der Waals surface area (Å²) in [7, 11) is 0. The number of halogens is 2. The second-order valence-electron chi connectivity index (χ2n) is 6.89. The molecule has 5 rings (SSSR count). The van der Waals surface area contributed by atoms with Gasteiger partial charge in [-0.3, -0.25) is 14.5 Å². The van der Waals surface area contributed by atoms with Crippen LogP contribution < -0.4 is 4.90 Å². The molecule has 1 unspecified atom stereocenters. The smallest absolute Gasteiger partial charge is 0.301 e. The fourth-order valence-corrected chi connectivity index (χ4v) is 5.04. The van der Waals surface area contributed by atoms with Crippen molar-refractivity contribution in [3.63, 3.8) is 0 Å². The number of benzene rings is 2. The van der Waals surface area contributed by atoms with Crippen molar-refractivity contribution >= 4 is 67.3 Å². The third kappa shape index (κ3) is 3.22. The van der Waals surface area contributed by atoms with Gasteiger partial charge in [0.15, 0.2) is 5.13 Å². The lowest BCUT2D eigenvalue weighted by Crippen LogP contribution is -2.29. The van der Waals surface area contributed by atoms with E-state index in [0.717, 1.165) is 4.70 Å². The van der Waals surface area contributed by atoms with Crippen molar-refractivity contribution in [3.8, 4) is 0 Å². The molecule has 2 aromatic carbocycles. The number of rotatable bonds is 3. The van der Waals surface area contributed by atoms with Gasteiger partial charge in [0.25, 0.3) is 5.78 Å². The normalized spacial score (nSPS) is 18.3. The van der Waals surface area contributed by atoms with Crippen LogP contribution in [-0.4, -0.2) is 26.8 Å². The molecular formula is C22H13Cl2N3O3S. The fourth-order valence-electron chi connectivity index (χ4n) is 3.62. The summed E-state index contributed by atoms with van der Waals surface area (Å²) in [6.07, 6.45) is 1.62. The van der Waals surface area contributed by atoms with Crippen LogP contribution in [-0.2, 0) is 9.59 Å². The van der Waals surface area contributed by atoms with E-state index in [1.54, 1.807) is 54.7 Å². The number of H-pyrrole nitrogens is 1. The summed E-state index contributed by atoms with van der Waals surface area (Å²) >= 11 is 13.6. The molecule has 3 heterocycles. The van der Waals surface area contributed by atoms with E-state index in [4.69, 9.17) is 23.2 Å². The first-order valence-electron chi connectivity index (χ1n) is 9.21. The minimum atomic E-state index is -0.875. The predicted molar refractivity (Wildman–Crippen MR) is 122 cm³/mol. The lowest BCUT2D eigenvalue weighted by Gasteiger charge is -2.22. The van der Waals surface area contributed by atoms with Crippen LogP contribution in [0.1, 0.15) is 17.3 Å². The summed E-state index contributed by atoms with van der Waals surface area (Å²) in [5.74, 6) is -1.86. The zero-order chi connectivity index (χ0) is 21.7. The SMILES string of the molecule is O=C1C(=O)N(c2nc3c(Cl)cccc3s2)C(c2ccc(Cl)cc2)/C1=C(\O)c1ccc[nH]1. The van der Waals surface area contributed by atoms with E-state index >= 15 is 0 Å². The van der Waals surface area contributed by atoms with Crippen LogP contribution in [0, 0.1) is 0 Å². The number of aliphatic hydroxyl groups excluding tert-OH is 1. The van der Waals surface area contributed by atoms with Crippen LogP contribution in [0.3, 0.4) is 0 Å². The molecule has 0 radical (unpaired) electrons. The Morgan fingerprint density at radius 3 is 2.52 bits per heavy atom. The average molecular weight is 470 g/mol. The molecule has 4 aromatic rings. The minimum absolute atomic E-state index is 0.0277. The largest absolute Gasteiger partial charge is 0.505 e. The zero-order valence-corrected chi connectivity index (χ0v) is 18.0. The van der Waals surface area contributed by atoms with Gasteiger partial charge in [-0.1, -0.05) is 52.7 Å². The van der Waals surface area contributed by atoms with Crippen LogP contribution >= 0.6 is 34.5 Å². The summed E-state index contributed by atoms with van der Waals surface area (Å²) in [4.78, 5) is 34.9. The Bertz CT molecular complexity index is 1360. The Morgan fingerprint density at radius 1 is 1.06 bits per heavy atom. The van der Waals surface area contributed by atoms with Crippen molar-refractivity contribution in [2.45, 2.75) is 6.04 Å². The number of ketones is 1. The molecule has 1 aliphatic heterocycles. The van der Waals surface area contributed by atoms with E-state index in [1.165, 1.54) is 16.2 Å². The number of aliphatic hydroxyl groups is 1. The molecule has 0 spiro atoms. The van der Waals surface area contributed by atoms with Gasteiger partial charge < -0.3 is 10.1 Å². The Balaban J connectivity index is 1.75. The highest BCUT2D eigenvalue weighted by molar-refractivity contribution is 7.22. The predicted octanol–water partition coefficient (Wildman–Crippen LogP) is 5.56. The van der Waals surface area contributed by atoms with Crippen LogP contribution in [0.2, 0.25) is 10.0 Å². The van der Waals surface area contributed by atoms with Gasteiger partial charge in [-0.25, -0.2) is 4.98 Å². The lowest BCUT2D eigenvalue weighted by atomic mass is 9.97. The Hall–Kier alpha value is -3.13. The monoisotopic (exact) mass is 469 g/mol. The van der Waals surface area contributed by atoms with E-state index in [9.17, 15) is 14.7 Å². The molecule has 2 N–H and O–H groups in total. The van der Waals surface area contributed by atoms with Crippen molar-refractivity contribution in [2.75, 3.05) is 4.90 Å². The van der Waals surface area contributed by atoms with Crippen molar-refractivity contribution in [1.29, 1.82) is 0 Å². The van der Waals surface area contributed by atoms with Crippen molar-refractivity contribution in [2.24, 2.45) is 0 Å². The van der Waals surface area contributed by atoms with Gasteiger partial charge in [0, 0.05) is 11.2 Å². The first-order chi connectivity index (χ1) is 15.0. The first-order valence-corrected chi connectivity index (χ1v) is 10.8. The number of aromatic nitrogens is 2. The van der Waals surface area contributed by atoms with E-state index < -0.39 is 17.7 Å². The number of anilines is 1. The molecule has 1 amide bonds. The third-order valence-electron chi connectivity index (χ3n) is 5.05. The highest BCUT2D eigenvalue weighted by Crippen LogP contribution is 2.44. The van der Waals surface area contributed by atoms with Gasteiger partial charge in [-0.15, -0.1) is 0 Å². The Kier molecular flexibility index (Phi) is 4.81. The molecule has 1 fully saturated rings. The number of aromatic amines is 1. The standard InChI is InChI=1S/C22H13Cl2N3O3S/c23-12-8-6-11(7-9-12)18-16(19(28)14-4-2-10-25-14)20(29)21(30)27(18)22-26-17-13(24)3-1-5-15(17)31-22/h1-10,18,25,28H/b19-16+. The van der Waals surface area contributed by atoms with Gasteiger partial charge in [0.05, 0.1) is 27.0 Å². The zero-order valence-electron chi connectivity index (χ0n) is 15.7. The molecule has 1 saturated heterocycles. The van der Waals surface area contributed by atoms with Crippen LogP contribution in [0.4, 0.5) is 5.13 Å². The molecule has 6 nitrogen and oxygen atoms in total. The molecule has 2 aromatic heterocycles. The number of para-hydroxylation sites is 1. The maximum Gasteiger partial charge on any atom is 0.301 e. The van der Waals surface area contributed by atoms with Gasteiger partial charge in [-0.05, 0) is 42.0 Å². The number of carbonyl (C=O) groups is 2. The quantitative estimate of drug-likeness (QED) is 0.233. The number of thiazole rings is 1. The molecule has 1 atom stereocenters. The molecule has 0 bridgehead atoms. The number of nitrogens with one attached hydrogen (secondary N) is 1. The molecule has 1 aliphatic rings. The van der Waals surface area contributed by atoms with Crippen LogP contribution in [0.15, 0.2) is 66.4 Å². The van der Waals surface area contributed by atoms with Gasteiger partial charge in [0.2, 0.25) is 0 Å². The van der Waals surface area contributed by atoms with Gasteiger partial charge in [0.1, 0.15) is 11.3 Å². The summed E-state index contributed by atoms with van der Waals surface area (Å²) in [6, 6.07) is 14.6. The highest BCUT2D eigenvalue weighted by atomic mass is 35.5. The maximum atomic E-state index is 13.1. The molecule has 0 aliphatic carbocycles. The van der Waals surface area contributed by atoms with Crippen molar-refractivity contribution in [1.82, 2.24) is 9.97 Å². The van der Waals surface area contributed by atoms with E-state index in [1.807, 2.05) is 6.07 Å². The summed E-state index contributed by atoms with van der Waals surface area (Å²) < 4.78 is 0.781. The topological polar surface area (TPSA) is 86.3 Å². The molecule has 0 saturated carbocycles. The number of hydrogen-bond donors (Lipinski definition) is 2. The summed E-state index contributed by atoms with van der Waals surface area (Å²) in [6.45, 7) is 0. The second kappa shape index (κ2) is 7.53. The van der Waals surface area contributed by atoms with Crippen molar-refractivity contribution in [3.05, 3.63) is 87.7 Å². The van der Waals surface area contributed by atoms with Gasteiger partial charge in [-0.2, -0.15) is 0 Å². The minimum Gasteiger partial charge on any atom is -0.505 e. The molecule has 154 valence electrons. The second-order valence-corrected chi connectivity index (χ2v) is 8.74. The number of fused-ring (bicyclic) bond motifs is 1. The summed E-state index contributed by atoms with van der Waals surface area (Å²) in [5.41, 5.74) is 1.47. The van der Waals surface area contributed by atoms with E-state index in [-0.39, 0.29) is 11.3 Å². The number of nitrogens with zero attached hydrogens (tertiary/aromatic N) is 2. The molecule has 9 heteroatoms.